The van der Waals surface area contributed by atoms with E-state index in [9.17, 15) is 10.1 Å². The molecule has 0 bridgehead atoms. The van der Waals surface area contributed by atoms with Crippen molar-refractivity contribution in [2.75, 3.05) is 0 Å². The molecule has 1 fully saturated rings. The predicted molar refractivity (Wildman–Crippen MR) is 56.2 cm³/mol. The standard InChI is InChI=1S/C11H14N4O/c1-15-10(13-8-14-15)6-11(7-12)5-3-2-4-9(11)16/h8H,2-6H2,1H3. The number of hydrogen-bond acceptors (Lipinski definition) is 4. The average Bonchev–Trinajstić information content (AvgIpc) is 2.68. The zero-order valence-corrected chi connectivity index (χ0v) is 9.31. The van der Waals surface area contributed by atoms with Gasteiger partial charge in [0.25, 0.3) is 0 Å². The maximum absolute atomic E-state index is 11.9. The van der Waals surface area contributed by atoms with Gasteiger partial charge in [0.05, 0.1) is 6.07 Å². The van der Waals surface area contributed by atoms with Crippen molar-refractivity contribution in [2.45, 2.75) is 32.1 Å². The normalized spacial score (nSPS) is 25.4. The van der Waals surface area contributed by atoms with Gasteiger partial charge in [-0.1, -0.05) is 6.42 Å². The third-order valence-electron chi connectivity index (χ3n) is 3.27. The van der Waals surface area contributed by atoms with Gasteiger partial charge in [-0.2, -0.15) is 10.4 Å². The minimum atomic E-state index is -0.862. The fraction of sp³-hybridized carbons (Fsp3) is 0.636. The Labute approximate surface area is 94.1 Å². The molecule has 16 heavy (non-hydrogen) atoms. The number of nitrogens with zero attached hydrogens (tertiary/aromatic N) is 4. The summed E-state index contributed by atoms with van der Waals surface area (Å²) in [5.41, 5.74) is -0.862. The van der Waals surface area contributed by atoms with Crippen molar-refractivity contribution >= 4 is 5.78 Å². The van der Waals surface area contributed by atoms with E-state index in [1.807, 2.05) is 0 Å². The third-order valence-corrected chi connectivity index (χ3v) is 3.27. The molecule has 1 aliphatic carbocycles. The second kappa shape index (κ2) is 4.05. The zero-order chi connectivity index (χ0) is 11.6. The number of carbonyl (C=O) groups is 1. The van der Waals surface area contributed by atoms with E-state index in [2.05, 4.69) is 16.2 Å². The van der Waals surface area contributed by atoms with E-state index in [0.717, 1.165) is 12.8 Å². The Morgan fingerprint density at radius 3 is 3.00 bits per heavy atom. The lowest BCUT2D eigenvalue weighted by Gasteiger charge is -2.28. The van der Waals surface area contributed by atoms with Gasteiger partial charge in [-0.05, 0) is 12.8 Å². The molecule has 0 radical (unpaired) electrons. The summed E-state index contributed by atoms with van der Waals surface area (Å²) in [4.78, 5) is 16.0. The first-order chi connectivity index (χ1) is 7.68. The Kier molecular flexibility index (Phi) is 2.73. The molecule has 2 rings (SSSR count). The maximum atomic E-state index is 11.9. The molecular weight excluding hydrogens is 204 g/mol. The summed E-state index contributed by atoms with van der Waals surface area (Å²) in [6, 6.07) is 2.20. The van der Waals surface area contributed by atoms with E-state index in [1.54, 1.807) is 11.7 Å². The van der Waals surface area contributed by atoms with Crippen LogP contribution in [0.1, 0.15) is 31.5 Å². The lowest BCUT2D eigenvalue weighted by Crippen LogP contribution is -2.35. The van der Waals surface area contributed by atoms with Gasteiger partial charge in [0.2, 0.25) is 0 Å². The molecule has 0 saturated heterocycles. The average molecular weight is 218 g/mol. The van der Waals surface area contributed by atoms with Crippen molar-refractivity contribution in [1.29, 1.82) is 5.26 Å². The van der Waals surface area contributed by atoms with Gasteiger partial charge in [0, 0.05) is 19.9 Å². The SMILES string of the molecule is Cn1ncnc1CC1(C#N)CCCCC1=O. The summed E-state index contributed by atoms with van der Waals surface area (Å²) in [7, 11) is 1.78. The monoisotopic (exact) mass is 218 g/mol. The molecule has 1 aromatic heterocycles. The van der Waals surface area contributed by atoms with Crippen LogP contribution in [0.4, 0.5) is 0 Å². The molecule has 1 aromatic rings. The van der Waals surface area contributed by atoms with Crippen LogP contribution in [-0.4, -0.2) is 20.5 Å². The van der Waals surface area contributed by atoms with Crippen LogP contribution in [0.25, 0.3) is 0 Å². The van der Waals surface area contributed by atoms with E-state index in [1.165, 1.54) is 6.33 Å². The number of aromatic nitrogens is 3. The lowest BCUT2D eigenvalue weighted by atomic mass is 9.72. The van der Waals surface area contributed by atoms with Crippen molar-refractivity contribution in [1.82, 2.24) is 14.8 Å². The Morgan fingerprint density at radius 1 is 1.62 bits per heavy atom. The van der Waals surface area contributed by atoms with E-state index in [-0.39, 0.29) is 5.78 Å². The lowest BCUT2D eigenvalue weighted by molar-refractivity contribution is -0.128. The third kappa shape index (κ3) is 1.71. The second-order valence-electron chi connectivity index (χ2n) is 4.30. The first kappa shape index (κ1) is 10.8. The molecule has 84 valence electrons. The van der Waals surface area contributed by atoms with Gasteiger partial charge >= 0.3 is 0 Å². The molecule has 5 heteroatoms. The summed E-state index contributed by atoms with van der Waals surface area (Å²) >= 11 is 0. The smallest absolute Gasteiger partial charge is 0.153 e. The van der Waals surface area contributed by atoms with E-state index >= 15 is 0 Å². The van der Waals surface area contributed by atoms with Crippen LogP contribution < -0.4 is 0 Å². The molecule has 1 saturated carbocycles. The predicted octanol–water partition coefficient (Wildman–Crippen LogP) is 1.01. The molecule has 5 nitrogen and oxygen atoms in total. The summed E-state index contributed by atoms with van der Waals surface area (Å²) in [6.45, 7) is 0. The largest absolute Gasteiger partial charge is 0.298 e. The molecule has 1 unspecified atom stereocenters. The fourth-order valence-corrected chi connectivity index (χ4v) is 2.19. The summed E-state index contributed by atoms with van der Waals surface area (Å²) in [5.74, 6) is 0.765. The van der Waals surface area contributed by atoms with Crippen LogP contribution in [0.15, 0.2) is 6.33 Å². The highest BCUT2D eigenvalue weighted by molar-refractivity contribution is 5.88. The fourth-order valence-electron chi connectivity index (χ4n) is 2.19. The van der Waals surface area contributed by atoms with Crippen LogP contribution in [0.3, 0.4) is 0 Å². The highest BCUT2D eigenvalue weighted by Gasteiger charge is 2.41. The van der Waals surface area contributed by atoms with Crippen LogP contribution in [0.5, 0.6) is 0 Å². The Morgan fingerprint density at radius 2 is 2.44 bits per heavy atom. The minimum absolute atomic E-state index is 0.0595. The van der Waals surface area contributed by atoms with Gasteiger partial charge in [0.15, 0.2) is 5.78 Å². The summed E-state index contributed by atoms with van der Waals surface area (Å²) in [5, 5.41) is 13.2. The molecule has 1 heterocycles. The summed E-state index contributed by atoms with van der Waals surface area (Å²) in [6.07, 6.45) is 4.85. The Bertz CT molecular complexity index is 445. The number of nitriles is 1. The number of rotatable bonds is 2. The van der Waals surface area contributed by atoms with Gasteiger partial charge in [0.1, 0.15) is 17.6 Å². The molecule has 0 N–H and O–H groups in total. The summed E-state index contributed by atoms with van der Waals surface area (Å²) < 4.78 is 1.63. The maximum Gasteiger partial charge on any atom is 0.153 e. The number of ketones is 1. The quantitative estimate of drug-likeness (QED) is 0.742. The molecule has 0 amide bonds. The topological polar surface area (TPSA) is 71.6 Å². The van der Waals surface area contributed by atoms with E-state index < -0.39 is 5.41 Å². The highest BCUT2D eigenvalue weighted by atomic mass is 16.1. The van der Waals surface area contributed by atoms with Gasteiger partial charge < -0.3 is 0 Å². The number of aryl methyl sites for hydroxylation is 1. The van der Waals surface area contributed by atoms with E-state index in [4.69, 9.17) is 0 Å². The number of hydrogen-bond donors (Lipinski definition) is 0. The van der Waals surface area contributed by atoms with Crippen molar-refractivity contribution in [3.8, 4) is 6.07 Å². The number of Topliss-reactive ketones (excluding diaryl/α,β-unsaturated/α-hetero) is 1. The van der Waals surface area contributed by atoms with Crippen LogP contribution in [-0.2, 0) is 18.3 Å². The first-order valence-corrected chi connectivity index (χ1v) is 5.45. The van der Waals surface area contributed by atoms with E-state index in [0.29, 0.717) is 25.1 Å². The molecule has 1 aliphatic rings. The van der Waals surface area contributed by atoms with Crippen molar-refractivity contribution < 1.29 is 4.79 Å². The number of carbonyl (C=O) groups excluding carboxylic acids is 1. The molecule has 1 atom stereocenters. The highest BCUT2D eigenvalue weighted by Crippen LogP contribution is 2.35. The van der Waals surface area contributed by atoms with Gasteiger partial charge in [-0.25, -0.2) is 4.98 Å². The van der Waals surface area contributed by atoms with Crippen molar-refractivity contribution in [2.24, 2.45) is 12.5 Å². The van der Waals surface area contributed by atoms with Crippen LogP contribution in [0, 0.1) is 16.7 Å². The first-order valence-electron chi connectivity index (χ1n) is 5.45. The van der Waals surface area contributed by atoms with Gasteiger partial charge in [-0.15, -0.1) is 0 Å². The van der Waals surface area contributed by atoms with Crippen LogP contribution >= 0.6 is 0 Å². The Hall–Kier alpha value is -1.70. The van der Waals surface area contributed by atoms with Crippen molar-refractivity contribution in [3.63, 3.8) is 0 Å². The molecule has 0 aromatic carbocycles. The second-order valence-corrected chi connectivity index (χ2v) is 4.30. The zero-order valence-electron chi connectivity index (χ0n) is 9.31. The van der Waals surface area contributed by atoms with Gasteiger partial charge in [-0.3, -0.25) is 9.48 Å². The Balaban J connectivity index is 2.26. The molecule has 0 aliphatic heterocycles. The minimum Gasteiger partial charge on any atom is -0.298 e. The molecule has 0 spiro atoms. The molecular formula is C11H14N4O. The van der Waals surface area contributed by atoms with Crippen molar-refractivity contribution in [3.05, 3.63) is 12.2 Å². The van der Waals surface area contributed by atoms with Crippen LogP contribution in [0.2, 0.25) is 0 Å².